The van der Waals surface area contributed by atoms with Gasteiger partial charge in [0.25, 0.3) is 0 Å². The van der Waals surface area contributed by atoms with Crippen molar-refractivity contribution in [3.05, 3.63) is 59.2 Å². The highest BCUT2D eigenvalue weighted by Gasteiger charge is 2.14. The molecule has 0 heterocycles. The van der Waals surface area contributed by atoms with Gasteiger partial charge in [-0.15, -0.1) is 0 Å². The highest BCUT2D eigenvalue weighted by Crippen LogP contribution is 2.24. The molecule has 0 aromatic heterocycles. The molecule has 20 heavy (non-hydrogen) atoms. The first-order chi connectivity index (χ1) is 9.47. The Morgan fingerprint density at radius 2 is 2.00 bits per heavy atom. The van der Waals surface area contributed by atoms with Crippen LogP contribution in [0.4, 0.5) is 20.2 Å². The summed E-state index contributed by atoms with van der Waals surface area (Å²) < 4.78 is 26.7. The third kappa shape index (κ3) is 3.12. The molecule has 0 spiro atoms. The quantitative estimate of drug-likeness (QED) is 0.847. The van der Waals surface area contributed by atoms with Crippen molar-refractivity contribution in [1.29, 1.82) is 0 Å². The largest absolute Gasteiger partial charge is 0.397 e. The normalized spacial score (nSPS) is 10.3. The van der Waals surface area contributed by atoms with Crippen LogP contribution in [0.1, 0.15) is 11.1 Å². The minimum atomic E-state index is -1.15. The predicted octanol–water partition coefficient (Wildman–Crippen LogP) is 3.04. The van der Waals surface area contributed by atoms with Gasteiger partial charge >= 0.3 is 0 Å². The van der Waals surface area contributed by atoms with Crippen LogP contribution >= 0.6 is 0 Å². The number of amides is 1. The maximum absolute atomic E-state index is 13.6. The summed E-state index contributed by atoms with van der Waals surface area (Å²) in [7, 11) is 0. The number of hydrogen-bond acceptors (Lipinski definition) is 2. The van der Waals surface area contributed by atoms with E-state index in [-0.39, 0.29) is 17.8 Å². The Kier molecular flexibility index (Phi) is 3.98. The van der Waals surface area contributed by atoms with Crippen LogP contribution in [-0.2, 0) is 11.2 Å². The molecule has 2 rings (SSSR count). The summed E-state index contributed by atoms with van der Waals surface area (Å²) in [5.41, 5.74) is 7.02. The molecule has 5 heteroatoms. The second-order valence-corrected chi connectivity index (χ2v) is 4.54. The standard InChI is InChI=1S/C15H14F2N2O/c1-9-3-2-4-10(7-9)8-13(20)19-15-12(18)6-5-11(16)14(15)17/h2-7H,8,18H2,1H3,(H,19,20). The number of carbonyl (C=O) groups excluding carboxylic acids is 1. The fourth-order valence-electron chi connectivity index (χ4n) is 1.88. The van der Waals surface area contributed by atoms with E-state index < -0.39 is 17.5 Å². The number of nitrogens with one attached hydrogen (secondary N) is 1. The zero-order chi connectivity index (χ0) is 14.7. The maximum atomic E-state index is 13.6. The molecule has 0 saturated heterocycles. The molecule has 0 aliphatic rings. The molecule has 0 unspecified atom stereocenters. The zero-order valence-corrected chi connectivity index (χ0v) is 10.9. The van der Waals surface area contributed by atoms with Crippen molar-refractivity contribution in [2.24, 2.45) is 0 Å². The van der Waals surface area contributed by atoms with Crippen molar-refractivity contribution in [2.75, 3.05) is 11.1 Å². The molecule has 2 aromatic carbocycles. The lowest BCUT2D eigenvalue weighted by molar-refractivity contribution is -0.115. The van der Waals surface area contributed by atoms with Crippen LogP contribution in [0.2, 0.25) is 0 Å². The van der Waals surface area contributed by atoms with Crippen LogP contribution < -0.4 is 11.1 Å². The van der Waals surface area contributed by atoms with Crippen LogP contribution in [-0.4, -0.2) is 5.91 Å². The fraction of sp³-hybridized carbons (Fsp3) is 0.133. The molecule has 104 valence electrons. The summed E-state index contributed by atoms with van der Waals surface area (Å²) in [6, 6.07) is 9.50. The molecule has 0 bridgehead atoms. The van der Waals surface area contributed by atoms with Crippen molar-refractivity contribution < 1.29 is 13.6 Å². The van der Waals surface area contributed by atoms with Crippen molar-refractivity contribution in [1.82, 2.24) is 0 Å². The summed E-state index contributed by atoms with van der Waals surface area (Å²) in [5.74, 6) is -2.65. The Morgan fingerprint density at radius 1 is 1.25 bits per heavy atom. The number of carbonyl (C=O) groups is 1. The summed E-state index contributed by atoms with van der Waals surface area (Å²) in [6.07, 6.45) is 0.0665. The highest BCUT2D eigenvalue weighted by molar-refractivity contribution is 5.95. The van der Waals surface area contributed by atoms with Gasteiger partial charge in [0.15, 0.2) is 11.6 Å². The summed E-state index contributed by atoms with van der Waals surface area (Å²) in [4.78, 5) is 11.9. The Balaban J connectivity index is 2.15. The summed E-state index contributed by atoms with van der Waals surface area (Å²) in [6.45, 7) is 1.91. The van der Waals surface area contributed by atoms with E-state index >= 15 is 0 Å². The number of anilines is 2. The lowest BCUT2D eigenvalue weighted by atomic mass is 10.1. The minimum Gasteiger partial charge on any atom is -0.397 e. The minimum absolute atomic E-state index is 0.0125. The molecule has 2 aromatic rings. The first kappa shape index (κ1) is 14.0. The lowest BCUT2D eigenvalue weighted by Gasteiger charge is -2.10. The molecule has 1 amide bonds. The van der Waals surface area contributed by atoms with E-state index in [4.69, 9.17) is 5.73 Å². The summed E-state index contributed by atoms with van der Waals surface area (Å²) in [5, 5.41) is 2.31. The van der Waals surface area contributed by atoms with E-state index in [1.807, 2.05) is 25.1 Å². The number of hydrogen-bond donors (Lipinski definition) is 2. The van der Waals surface area contributed by atoms with Gasteiger partial charge in [-0.2, -0.15) is 0 Å². The number of benzene rings is 2. The first-order valence-corrected chi connectivity index (χ1v) is 6.06. The van der Waals surface area contributed by atoms with E-state index in [9.17, 15) is 13.6 Å². The molecule has 0 radical (unpaired) electrons. The Bertz CT molecular complexity index is 656. The molecule has 0 aliphatic heterocycles. The van der Waals surface area contributed by atoms with E-state index in [1.54, 1.807) is 6.07 Å². The molecule has 3 N–H and O–H groups in total. The Morgan fingerprint density at radius 3 is 2.70 bits per heavy atom. The van der Waals surface area contributed by atoms with Crippen LogP contribution in [0.15, 0.2) is 36.4 Å². The fourth-order valence-corrected chi connectivity index (χ4v) is 1.88. The molecule has 3 nitrogen and oxygen atoms in total. The van der Waals surface area contributed by atoms with Crippen molar-refractivity contribution >= 4 is 17.3 Å². The van der Waals surface area contributed by atoms with Crippen LogP contribution in [0.3, 0.4) is 0 Å². The SMILES string of the molecule is Cc1cccc(CC(=O)Nc2c(N)ccc(F)c2F)c1. The van der Waals surface area contributed by atoms with Gasteiger partial charge < -0.3 is 11.1 Å². The van der Waals surface area contributed by atoms with Crippen molar-refractivity contribution in [3.8, 4) is 0 Å². The average molecular weight is 276 g/mol. The van der Waals surface area contributed by atoms with E-state index in [0.29, 0.717) is 0 Å². The van der Waals surface area contributed by atoms with Gasteiger partial charge in [-0.3, -0.25) is 4.79 Å². The number of aryl methyl sites for hydroxylation is 1. The van der Waals surface area contributed by atoms with Gasteiger partial charge in [-0.05, 0) is 24.6 Å². The maximum Gasteiger partial charge on any atom is 0.228 e. The molecule has 0 fully saturated rings. The number of halogens is 2. The van der Waals surface area contributed by atoms with Crippen molar-refractivity contribution in [3.63, 3.8) is 0 Å². The number of nitrogen functional groups attached to an aromatic ring is 1. The third-order valence-corrected chi connectivity index (χ3v) is 2.84. The smallest absolute Gasteiger partial charge is 0.228 e. The number of rotatable bonds is 3. The molecule has 0 saturated carbocycles. The van der Waals surface area contributed by atoms with Gasteiger partial charge in [-0.1, -0.05) is 29.8 Å². The van der Waals surface area contributed by atoms with Gasteiger partial charge in [0.1, 0.15) is 5.69 Å². The second kappa shape index (κ2) is 5.69. The Labute approximate surface area is 115 Å². The molecule has 0 aliphatic carbocycles. The monoisotopic (exact) mass is 276 g/mol. The molecular weight excluding hydrogens is 262 g/mol. The van der Waals surface area contributed by atoms with Crippen LogP contribution in [0.25, 0.3) is 0 Å². The second-order valence-electron chi connectivity index (χ2n) is 4.54. The van der Waals surface area contributed by atoms with Crippen LogP contribution in [0.5, 0.6) is 0 Å². The lowest BCUT2D eigenvalue weighted by Crippen LogP contribution is -2.17. The topological polar surface area (TPSA) is 55.1 Å². The Hall–Kier alpha value is -2.43. The van der Waals surface area contributed by atoms with Crippen LogP contribution in [0, 0.1) is 18.6 Å². The van der Waals surface area contributed by atoms with Gasteiger partial charge in [0, 0.05) is 0 Å². The van der Waals surface area contributed by atoms with E-state index in [0.717, 1.165) is 17.2 Å². The average Bonchev–Trinajstić information content (AvgIpc) is 2.39. The number of nitrogens with two attached hydrogens (primary N) is 1. The highest BCUT2D eigenvalue weighted by atomic mass is 19.2. The van der Waals surface area contributed by atoms with Gasteiger partial charge in [0.05, 0.1) is 12.1 Å². The van der Waals surface area contributed by atoms with E-state index in [1.165, 1.54) is 6.07 Å². The van der Waals surface area contributed by atoms with Gasteiger partial charge in [0.2, 0.25) is 5.91 Å². The van der Waals surface area contributed by atoms with Crippen molar-refractivity contribution in [2.45, 2.75) is 13.3 Å². The zero-order valence-electron chi connectivity index (χ0n) is 10.9. The predicted molar refractivity (Wildman–Crippen MR) is 74.3 cm³/mol. The molecular formula is C15H14F2N2O. The first-order valence-electron chi connectivity index (χ1n) is 6.06. The third-order valence-electron chi connectivity index (χ3n) is 2.84. The van der Waals surface area contributed by atoms with E-state index in [2.05, 4.69) is 5.32 Å². The van der Waals surface area contributed by atoms with Gasteiger partial charge in [-0.25, -0.2) is 8.78 Å². The summed E-state index contributed by atoms with van der Waals surface area (Å²) >= 11 is 0. The molecule has 0 atom stereocenters.